The zero-order valence-electron chi connectivity index (χ0n) is 14.8. The van der Waals surface area contributed by atoms with E-state index in [0.717, 1.165) is 15.1 Å². The second-order valence-electron chi connectivity index (χ2n) is 6.54. The van der Waals surface area contributed by atoms with Crippen LogP contribution in [0.1, 0.15) is 5.01 Å². The van der Waals surface area contributed by atoms with Gasteiger partial charge < -0.3 is 10.4 Å². The lowest BCUT2D eigenvalue weighted by atomic mass is 9.95. The molecule has 0 aliphatic carbocycles. The van der Waals surface area contributed by atoms with Crippen LogP contribution in [0.4, 0.5) is 0 Å². The molecule has 0 aromatic carbocycles. The van der Waals surface area contributed by atoms with Crippen LogP contribution in [0, 0.1) is 12.8 Å². The number of aryl methyl sites for hydroxylation is 1. The van der Waals surface area contributed by atoms with Crippen molar-refractivity contribution in [1.82, 2.24) is 40.6 Å². The molecule has 0 saturated carbocycles. The maximum absolute atomic E-state index is 12.1. The molecule has 2 aliphatic heterocycles. The Hall–Kier alpha value is -1.77. The van der Waals surface area contributed by atoms with Gasteiger partial charge in [0.2, 0.25) is 5.91 Å². The molecular formula is C14H18N8O3S3. The highest BCUT2D eigenvalue weighted by Crippen LogP contribution is 2.41. The number of nitrogens with zero attached hydrogens (tertiary/aromatic N) is 7. The van der Waals surface area contributed by atoms with Gasteiger partial charge in [-0.2, -0.15) is 0 Å². The summed E-state index contributed by atoms with van der Waals surface area (Å²) in [4.78, 5) is 26.0. The molecule has 2 N–H and O–H groups in total. The molecule has 2 fully saturated rings. The molecule has 1 amide bonds. The van der Waals surface area contributed by atoms with E-state index < -0.39 is 12.0 Å². The molecule has 4 atom stereocenters. The number of nitrogens with one attached hydrogen (secondary N) is 1. The van der Waals surface area contributed by atoms with Gasteiger partial charge >= 0.3 is 5.97 Å². The molecule has 4 rings (SSSR count). The lowest BCUT2D eigenvalue weighted by molar-refractivity contribution is -0.149. The summed E-state index contributed by atoms with van der Waals surface area (Å²) in [6.45, 7) is 2.47. The maximum atomic E-state index is 12.1. The van der Waals surface area contributed by atoms with E-state index in [0.29, 0.717) is 12.3 Å². The lowest BCUT2D eigenvalue weighted by Gasteiger charge is -2.55. The van der Waals surface area contributed by atoms with E-state index in [1.807, 2.05) is 11.8 Å². The normalized spacial score (nSPS) is 27.0. The minimum atomic E-state index is -0.817. The Morgan fingerprint density at radius 1 is 1.43 bits per heavy atom. The average Bonchev–Trinajstić information content (AvgIpc) is 3.29. The van der Waals surface area contributed by atoms with Crippen molar-refractivity contribution in [3.8, 4) is 0 Å². The van der Waals surface area contributed by atoms with Gasteiger partial charge in [-0.15, -0.1) is 27.1 Å². The summed E-state index contributed by atoms with van der Waals surface area (Å²) in [7, 11) is 0. The first-order chi connectivity index (χ1) is 13.5. The Balaban J connectivity index is 1.32. The van der Waals surface area contributed by atoms with Crippen LogP contribution < -0.4 is 5.32 Å². The molecule has 2 aliphatic rings. The second-order valence-corrected chi connectivity index (χ2v) is 10.1. The fourth-order valence-electron chi connectivity index (χ4n) is 3.35. The molecular weight excluding hydrogens is 424 g/mol. The van der Waals surface area contributed by atoms with Crippen LogP contribution in [0.2, 0.25) is 0 Å². The number of rotatable bonds is 7. The number of carbonyl (C=O) groups excluding carboxylic acids is 1. The van der Waals surface area contributed by atoms with E-state index in [9.17, 15) is 14.7 Å². The van der Waals surface area contributed by atoms with Gasteiger partial charge in [0, 0.05) is 24.0 Å². The molecule has 2 aromatic heterocycles. The average molecular weight is 443 g/mol. The Morgan fingerprint density at radius 3 is 2.96 bits per heavy atom. The third-order valence-electron chi connectivity index (χ3n) is 4.59. The highest BCUT2D eigenvalue weighted by molar-refractivity contribution is 8.01. The van der Waals surface area contributed by atoms with Crippen LogP contribution in [-0.4, -0.2) is 87.8 Å². The van der Waals surface area contributed by atoms with Crippen molar-refractivity contribution < 1.29 is 14.7 Å². The van der Waals surface area contributed by atoms with Gasteiger partial charge in [0.25, 0.3) is 0 Å². The standard InChI is InChI=1S/C14H18N8O3S3/c1-7-17-18-14(28-7)27-5-8-4-26-12-9(2-22(12)11(8)13(24)25)16-10(23)3-21-6-15-19-20-21/h6,8-9,11-12H,2-5H2,1H3,(H,16,23)(H,24,25)/t8?,9-,11?,12?/m1/s1. The second kappa shape index (κ2) is 8.31. The first-order valence-electron chi connectivity index (χ1n) is 8.54. The molecule has 4 heterocycles. The molecule has 2 aromatic rings. The van der Waals surface area contributed by atoms with Crippen molar-refractivity contribution >= 4 is 46.7 Å². The van der Waals surface area contributed by atoms with E-state index >= 15 is 0 Å². The third-order valence-corrected chi connectivity index (χ3v) is 8.31. The highest BCUT2D eigenvalue weighted by Gasteiger charge is 2.52. The largest absolute Gasteiger partial charge is 0.480 e. The van der Waals surface area contributed by atoms with Crippen LogP contribution in [0.15, 0.2) is 10.7 Å². The summed E-state index contributed by atoms with van der Waals surface area (Å²) in [6.07, 6.45) is 1.38. The summed E-state index contributed by atoms with van der Waals surface area (Å²) in [5.74, 6) is 0.405. The predicted molar refractivity (Wildman–Crippen MR) is 103 cm³/mol. The number of carboxylic acids is 1. The number of fused-ring (bicyclic) bond motifs is 1. The highest BCUT2D eigenvalue weighted by atomic mass is 32.2. The van der Waals surface area contributed by atoms with Crippen molar-refractivity contribution in [2.24, 2.45) is 5.92 Å². The zero-order valence-corrected chi connectivity index (χ0v) is 17.3. The van der Waals surface area contributed by atoms with Crippen LogP contribution in [0.5, 0.6) is 0 Å². The van der Waals surface area contributed by atoms with Gasteiger partial charge in [0.15, 0.2) is 4.34 Å². The smallest absolute Gasteiger partial charge is 0.321 e. The first-order valence-corrected chi connectivity index (χ1v) is 11.4. The number of hydrogen-bond donors (Lipinski definition) is 2. The number of tetrazole rings is 1. The number of carbonyl (C=O) groups is 2. The number of carboxylic acid groups (broad SMARTS) is 1. The SMILES string of the molecule is Cc1nnc(SCC2CSC3[C@H](NC(=O)Cn4cnnn4)CN3C2C(=O)O)s1. The maximum Gasteiger partial charge on any atom is 0.321 e. The van der Waals surface area contributed by atoms with E-state index in [4.69, 9.17) is 0 Å². The fourth-order valence-corrected chi connectivity index (χ4v) is 7.01. The predicted octanol–water partition coefficient (Wildman–Crippen LogP) is -0.432. The Morgan fingerprint density at radius 2 is 2.29 bits per heavy atom. The van der Waals surface area contributed by atoms with Crippen LogP contribution in [-0.2, 0) is 16.1 Å². The zero-order chi connectivity index (χ0) is 19.7. The van der Waals surface area contributed by atoms with E-state index in [1.165, 1.54) is 22.3 Å². The molecule has 0 radical (unpaired) electrons. The van der Waals surface area contributed by atoms with Gasteiger partial charge in [0.1, 0.15) is 23.9 Å². The topological polar surface area (TPSA) is 139 Å². The Labute approximate surface area is 172 Å². The van der Waals surface area contributed by atoms with Crippen molar-refractivity contribution in [2.75, 3.05) is 18.1 Å². The Kier molecular flexibility index (Phi) is 5.80. The first kappa shape index (κ1) is 19.5. The summed E-state index contributed by atoms with van der Waals surface area (Å²) >= 11 is 4.77. The van der Waals surface area contributed by atoms with Crippen molar-refractivity contribution in [1.29, 1.82) is 0 Å². The number of aliphatic carboxylic acids is 1. The fraction of sp³-hybridized carbons (Fsp3) is 0.643. The minimum absolute atomic E-state index is 0.00540. The monoisotopic (exact) mass is 442 g/mol. The van der Waals surface area contributed by atoms with Crippen LogP contribution in [0.25, 0.3) is 0 Å². The van der Waals surface area contributed by atoms with Gasteiger partial charge in [-0.3, -0.25) is 14.5 Å². The van der Waals surface area contributed by atoms with Crippen LogP contribution in [0.3, 0.4) is 0 Å². The quantitative estimate of drug-likeness (QED) is 0.540. The molecule has 2 saturated heterocycles. The molecule has 11 nitrogen and oxygen atoms in total. The van der Waals surface area contributed by atoms with Crippen molar-refractivity contribution in [2.45, 2.75) is 35.3 Å². The van der Waals surface area contributed by atoms with E-state index in [1.54, 1.807) is 23.5 Å². The summed E-state index contributed by atoms with van der Waals surface area (Å²) in [5.41, 5.74) is 0. The van der Waals surface area contributed by atoms with Gasteiger partial charge in [0.05, 0.1) is 11.4 Å². The van der Waals surface area contributed by atoms with E-state index in [2.05, 4.69) is 31.0 Å². The Bertz CT molecular complexity index is 847. The number of amides is 1. The van der Waals surface area contributed by atoms with E-state index in [-0.39, 0.29) is 29.8 Å². The van der Waals surface area contributed by atoms with Crippen LogP contribution >= 0.6 is 34.9 Å². The van der Waals surface area contributed by atoms with Gasteiger partial charge in [-0.05, 0) is 17.4 Å². The number of aromatic nitrogens is 6. The summed E-state index contributed by atoms with van der Waals surface area (Å²) in [5, 5.41) is 32.4. The van der Waals surface area contributed by atoms with Crippen molar-refractivity contribution in [3.63, 3.8) is 0 Å². The summed E-state index contributed by atoms with van der Waals surface area (Å²) in [6, 6.07) is -0.629. The molecule has 0 spiro atoms. The van der Waals surface area contributed by atoms with Crippen molar-refractivity contribution in [3.05, 3.63) is 11.3 Å². The summed E-state index contributed by atoms with van der Waals surface area (Å²) < 4.78 is 2.22. The molecule has 150 valence electrons. The molecule has 3 unspecified atom stereocenters. The number of thioether (sulfide) groups is 2. The number of hydrogen-bond acceptors (Lipinski definition) is 11. The third kappa shape index (κ3) is 4.14. The molecule has 14 heteroatoms. The van der Waals surface area contributed by atoms with Gasteiger partial charge in [-0.25, -0.2) is 4.68 Å². The minimum Gasteiger partial charge on any atom is -0.480 e. The lowest BCUT2D eigenvalue weighted by Crippen LogP contribution is -2.72. The van der Waals surface area contributed by atoms with Gasteiger partial charge in [-0.1, -0.05) is 23.1 Å². The molecule has 28 heavy (non-hydrogen) atoms. The molecule has 0 bridgehead atoms.